The van der Waals surface area contributed by atoms with Gasteiger partial charge < -0.3 is 11.5 Å². The molecule has 0 spiro atoms. The molecule has 96 valence electrons. The van der Waals surface area contributed by atoms with Crippen LogP contribution in [0.1, 0.15) is 5.82 Å². The number of fused-ring (bicyclic) bond motifs is 1. The van der Waals surface area contributed by atoms with Crippen molar-refractivity contribution in [3.63, 3.8) is 0 Å². The van der Waals surface area contributed by atoms with Gasteiger partial charge in [-0.05, 0) is 12.1 Å². The normalized spacial score (nSPS) is 10.9. The number of anilines is 2. The monoisotopic (exact) mass is 256 g/mol. The molecule has 0 aliphatic heterocycles. The summed E-state index contributed by atoms with van der Waals surface area (Å²) in [6, 6.07) is 7.68. The second-order valence-electron chi connectivity index (χ2n) is 4.00. The van der Waals surface area contributed by atoms with Crippen LogP contribution in [0.25, 0.3) is 11.0 Å². The van der Waals surface area contributed by atoms with E-state index in [2.05, 4.69) is 25.1 Å². The number of hydrogen-bond acceptors (Lipinski definition) is 7. The lowest BCUT2D eigenvalue weighted by atomic mass is 10.3. The van der Waals surface area contributed by atoms with E-state index in [0.717, 1.165) is 11.0 Å². The predicted molar refractivity (Wildman–Crippen MR) is 69.9 cm³/mol. The SMILES string of the molecule is Nc1nc(N)nc(CCn2nc3ccccc3n2)n1. The molecule has 4 N–H and O–H groups in total. The van der Waals surface area contributed by atoms with Gasteiger partial charge in [0.05, 0.1) is 6.54 Å². The summed E-state index contributed by atoms with van der Waals surface area (Å²) in [6.45, 7) is 0.553. The molecule has 0 atom stereocenters. The second-order valence-corrected chi connectivity index (χ2v) is 4.00. The first-order valence-corrected chi connectivity index (χ1v) is 5.76. The van der Waals surface area contributed by atoms with Crippen LogP contribution in [0.2, 0.25) is 0 Å². The molecule has 0 saturated carbocycles. The Labute approximate surface area is 108 Å². The maximum atomic E-state index is 5.51. The van der Waals surface area contributed by atoms with E-state index in [1.807, 2.05) is 24.3 Å². The number of nitrogens with two attached hydrogens (primary N) is 2. The van der Waals surface area contributed by atoms with E-state index < -0.39 is 0 Å². The standard InChI is InChI=1S/C11H12N8/c12-10-14-9(15-11(13)16-10)5-6-19-17-7-3-1-2-4-8(7)18-19/h1-4H,5-6H2,(H4,12,13,14,15,16). The lowest BCUT2D eigenvalue weighted by Gasteiger charge is -2.01. The maximum absolute atomic E-state index is 5.51. The minimum absolute atomic E-state index is 0.126. The maximum Gasteiger partial charge on any atom is 0.225 e. The van der Waals surface area contributed by atoms with Gasteiger partial charge in [-0.3, -0.25) is 0 Å². The Balaban J connectivity index is 1.78. The molecule has 0 unspecified atom stereocenters. The van der Waals surface area contributed by atoms with Gasteiger partial charge in [0.2, 0.25) is 11.9 Å². The number of nitrogens with zero attached hydrogens (tertiary/aromatic N) is 6. The number of nitrogen functional groups attached to an aromatic ring is 2. The highest BCUT2D eigenvalue weighted by molar-refractivity contribution is 5.72. The fourth-order valence-electron chi connectivity index (χ4n) is 1.77. The smallest absolute Gasteiger partial charge is 0.225 e. The molecule has 0 saturated heterocycles. The van der Waals surface area contributed by atoms with Gasteiger partial charge in [0.1, 0.15) is 16.9 Å². The van der Waals surface area contributed by atoms with E-state index >= 15 is 0 Å². The van der Waals surface area contributed by atoms with Gasteiger partial charge in [-0.2, -0.15) is 29.9 Å². The molecule has 8 heteroatoms. The zero-order valence-corrected chi connectivity index (χ0v) is 10.1. The molecule has 3 rings (SSSR count). The molecule has 0 amide bonds. The van der Waals surface area contributed by atoms with E-state index in [4.69, 9.17) is 11.5 Å². The van der Waals surface area contributed by atoms with Crippen LogP contribution >= 0.6 is 0 Å². The van der Waals surface area contributed by atoms with Crippen molar-refractivity contribution in [3.8, 4) is 0 Å². The quantitative estimate of drug-likeness (QED) is 0.677. The Bertz CT molecular complexity index is 666. The van der Waals surface area contributed by atoms with E-state index in [1.54, 1.807) is 4.80 Å². The Kier molecular flexibility index (Phi) is 2.67. The average Bonchev–Trinajstić information content (AvgIpc) is 2.78. The van der Waals surface area contributed by atoms with E-state index in [1.165, 1.54) is 0 Å². The van der Waals surface area contributed by atoms with Crippen LogP contribution in [-0.4, -0.2) is 29.9 Å². The van der Waals surface area contributed by atoms with Crippen LogP contribution in [0.15, 0.2) is 24.3 Å². The molecular weight excluding hydrogens is 244 g/mol. The van der Waals surface area contributed by atoms with E-state index in [-0.39, 0.29) is 11.9 Å². The Morgan fingerprint density at radius 2 is 1.47 bits per heavy atom. The van der Waals surface area contributed by atoms with Crippen molar-refractivity contribution in [1.29, 1.82) is 0 Å². The number of aromatic nitrogens is 6. The molecular formula is C11H12N8. The van der Waals surface area contributed by atoms with Crippen molar-refractivity contribution < 1.29 is 0 Å². The molecule has 0 aliphatic rings. The van der Waals surface area contributed by atoms with E-state index in [9.17, 15) is 0 Å². The van der Waals surface area contributed by atoms with Crippen LogP contribution < -0.4 is 11.5 Å². The van der Waals surface area contributed by atoms with Crippen molar-refractivity contribution in [2.75, 3.05) is 11.5 Å². The molecule has 2 heterocycles. The molecule has 2 aromatic heterocycles. The summed E-state index contributed by atoms with van der Waals surface area (Å²) >= 11 is 0. The van der Waals surface area contributed by atoms with Crippen LogP contribution in [0, 0.1) is 0 Å². The number of rotatable bonds is 3. The largest absolute Gasteiger partial charge is 0.368 e. The van der Waals surface area contributed by atoms with Crippen molar-refractivity contribution in [3.05, 3.63) is 30.1 Å². The number of aryl methyl sites for hydroxylation is 2. The summed E-state index contributed by atoms with van der Waals surface area (Å²) in [7, 11) is 0. The van der Waals surface area contributed by atoms with Crippen LogP contribution in [-0.2, 0) is 13.0 Å². The minimum atomic E-state index is 0.126. The summed E-state index contributed by atoms with van der Waals surface area (Å²) in [6.07, 6.45) is 0.540. The van der Waals surface area contributed by atoms with Crippen molar-refractivity contribution in [2.45, 2.75) is 13.0 Å². The van der Waals surface area contributed by atoms with Crippen LogP contribution in [0.5, 0.6) is 0 Å². The minimum Gasteiger partial charge on any atom is -0.368 e. The number of benzene rings is 1. The first kappa shape index (κ1) is 11.3. The van der Waals surface area contributed by atoms with Crippen molar-refractivity contribution >= 4 is 22.9 Å². The van der Waals surface area contributed by atoms with Gasteiger partial charge in [-0.25, -0.2) is 0 Å². The molecule has 8 nitrogen and oxygen atoms in total. The van der Waals surface area contributed by atoms with Crippen LogP contribution in [0.4, 0.5) is 11.9 Å². The summed E-state index contributed by atoms with van der Waals surface area (Å²) in [5.74, 6) is 0.786. The molecule has 0 fully saturated rings. The molecule has 0 radical (unpaired) electrons. The summed E-state index contributed by atoms with van der Waals surface area (Å²) < 4.78 is 0. The highest BCUT2D eigenvalue weighted by atomic mass is 15.5. The second kappa shape index (κ2) is 4.48. The third kappa shape index (κ3) is 2.41. The van der Waals surface area contributed by atoms with Gasteiger partial charge in [0, 0.05) is 6.42 Å². The molecule has 0 bridgehead atoms. The Morgan fingerprint density at radius 3 is 2.05 bits per heavy atom. The molecule has 0 aliphatic carbocycles. The molecule has 19 heavy (non-hydrogen) atoms. The molecule has 1 aromatic carbocycles. The number of hydrogen-bond donors (Lipinski definition) is 2. The highest BCUT2D eigenvalue weighted by Gasteiger charge is 2.05. The van der Waals surface area contributed by atoms with Gasteiger partial charge in [-0.15, -0.1) is 0 Å². The zero-order chi connectivity index (χ0) is 13.2. The third-order valence-corrected chi connectivity index (χ3v) is 2.58. The van der Waals surface area contributed by atoms with Crippen molar-refractivity contribution in [1.82, 2.24) is 29.9 Å². The fraction of sp³-hybridized carbons (Fsp3) is 0.182. The third-order valence-electron chi connectivity index (χ3n) is 2.58. The van der Waals surface area contributed by atoms with Gasteiger partial charge in [0.15, 0.2) is 0 Å². The van der Waals surface area contributed by atoms with Gasteiger partial charge in [0.25, 0.3) is 0 Å². The topological polar surface area (TPSA) is 121 Å². The predicted octanol–water partition coefficient (Wildman–Crippen LogP) is 0.0234. The van der Waals surface area contributed by atoms with Gasteiger partial charge in [-0.1, -0.05) is 12.1 Å². The van der Waals surface area contributed by atoms with Gasteiger partial charge >= 0.3 is 0 Å². The average molecular weight is 256 g/mol. The lowest BCUT2D eigenvalue weighted by Crippen LogP contribution is -2.11. The van der Waals surface area contributed by atoms with Crippen molar-refractivity contribution in [2.24, 2.45) is 0 Å². The summed E-state index contributed by atoms with van der Waals surface area (Å²) in [5.41, 5.74) is 12.7. The van der Waals surface area contributed by atoms with E-state index in [0.29, 0.717) is 18.8 Å². The first-order valence-electron chi connectivity index (χ1n) is 5.76. The summed E-state index contributed by atoms with van der Waals surface area (Å²) in [5, 5.41) is 8.69. The highest BCUT2D eigenvalue weighted by Crippen LogP contribution is 2.07. The Morgan fingerprint density at radius 1 is 0.895 bits per heavy atom. The Hall–Kier alpha value is -2.77. The fourth-order valence-corrected chi connectivity index (χ4v) is 1.77. The lowest BCUT2D eigenvalue weighted by molar-refractivity contribution is 0.535. The summed E-state index contributed by atoms with van der Waals surface area (Å²) in [4.78, 5) is 13.4. The van der Waals surface area contributed by atoms with Crippen LogP contribution in [0.3, 0.4) is 0 Å². The molecule has 3 aromatic rings. The first-order chi connectivity index (χ1) is 9.20. The zero-order valence-electron chi connectivity index (χ0n) is 10.1.